The van der Waals surface area contributed by atoms with Gasteiger partial charge in [-0.25, -0.2) is 8.78 Å². The summed E-state index contributed by atoms with van der Waals surface area (Å²) >= 11 is 0. The van der Waals surface area contributed by atoms with Crippen molar-refractivity contribution in [3.63, 3.8) is 0 Å². The van der Waals surface area contributed by atoms with Crippen LogP contribution in [-0.2, 0) is 0 Å². The first kappa shape index (κ1) is 9.39. The molecule has 0 aromatic heterocycles. The number of allylic oxidation sites excluding steroid dienone is 2. The first-order valence-corrected chi connectivity index (χ1v) is 3.99. The third kappa shape index (κ3) is 2.14. The average Bonchev–Trinajstić information content (AvgIpc) is 1.98. The van der Waals surface area contributed by atoms with Crippen molar-refractivity contribution in [1.82, 2.24) is 4.90 Å². The first-order chi connectivity index (χ1) is 5.61. The summed E-state index contributed by atoms with van der Waals surface area (Å²) in [5.74, 6) is -1.26. The Kier molecular flexibility index (Phi) is 2.98. The van der Waals surface area contributed by atoms with Crippen LogP contribution in [0.15, 0.2) is 23.3 Å². The standard InChI is InChI=1S/C9H13F2N/c1-12(2)6-7-4-3-5-8(10)9(7)11/h4H,3,5-6H2,1-2H3. The van der Waals surface area contributed by atoms with Gasteiger partial charge in [-0.2, -0.15) is 0 Å². The highest BCUT2D eigenvalue weighted by molar-refractivity contribution is 5.32. The van der Waals surface area contributed by atoms with E-state index in [-0.39, 0.29) is 6.42 Å². The van der Waals surface area contributed by atoms with E-state index in [9.17, 15) is 8.78 Å². The minimum atomic E-state index is -0.657. The second-order valence-electron chi connectivity index (χ2n) is 3.22. The Morgan fingerprint density at radius 3 is 2.67 bits per heavy atom. The molecule has 1 aliphatic rings. The van der Waals surface area contributed by atoms with Crippen LogP contribution in [0.4, 0.5) is 8.78 Å². The summed E-state index contributed by atoms with van der Waals surface area (Å²) < 4.78 is 25.7. The normalized spacial score (nSPS) is 18.6. The Bertz CT molecular complexity index is 229. The molecule has 0 atom stereocenters. The lowest BCUT2D eigenvalue weighted by atomic mass is 10.0. The van der Waals surface area contributed by atoms with Gasteiger partial charge >= 0.3 is 0 Å². The Balaban J connectivity index is 2.71. The zero-order valence-electron chi connectivity index (χ0n) is 7.40. The maximum absolute atomic E-state index is 13.0. The van der Waals surface area contributed by atoms with Crippen LogP contribution in [-0.4, -0.2) is 25.5 Å². The molecule has 0 amide bonds. The summed E-state index contributed by atoms with van der Waals surface area (Å²) in [5, 5.41) is 0. The van der Waals surface area contributed by atoms with Gasteiger partial charge < -0.3 is 4.90 Å². The number of halogens is 2. The molecule has 0 aromatic rings. The molecule has 0 heterocycles. The zero-order chi connectivity index (χ0) is 9.14. The van der Waals surface area contributed by atoms with E-state index < -0.39 is 11.7 Å². The zero-order valence-corrected chi connectivity index (χ0v) is 7.40. The van der Waals surface area contributed by atoms with Gasteiger partial charge in [0.2, 0.25) is 0 Å². The summed E-state index contributed by atoms with van der Waals surface area (Å²) in [6.07, 6.45) is 2.59. The molecule has 0 aromatic carbocycles. The smallest absolute Gasteiger partial charge is 0.158 e. The van der Waals surface area contributed by atoms with Crippen LogP contribution in [0.25, 0.3) is 0 Å². The number of hydrogen-bond donors (Lipinski definition) is 0. The van der Waals surface area contributed by atoms with Crippen molar-refractivity contribution in [3.8, 4) is 0 Å². The third-order valence-corrected chi connectivity index (χ3v) is 1.76. The van der Waals surface area contributed by atoms with Crippen LogP contribution in [0.1, 0.15) is 12.8 Å². The predicted molar refractivity (Wildman–Crippen MR) is 45.1 cm³/mol. The van der Waals surface area contributed by atoms with Crippen LogP contribution in [0, 0.1) is 0 Å². The van der Waals surface area contributed by atoms with Crippen molar-refractivity contribution in [2.75, 3.05) is 20.6 Å². The highest BCUT2D eigenvalue weighted by atomic mass is 19.2. The topological polar surface area (TPSA) is 3.24 Å². The molecule has 0 unspecified atom stereocenters. The highest BCUT2D eigenvalue weighted by Crippen LogP contribution is 2.27. The van der Waals surface area contributed by atoms with Gasteiger partial charge in [0, 0.05) is 18.5 Å². The second kappa shape index (κ2) is 3.81. The van der Waals surface area contributed by atoms with Gasteiger partial charge in [0.15, 0.2) is 5.83 Å². The van der Waals surface area contributed by atoms with Crippen molar-refractivity contribution < 1.29 is 8.78 Å². The van der Waals surface area contributed by atoms with E-state index in [4.69, 9.17) is 0 Å². The molecule has 0 aliphatic heterocycles. The van der Waals surface area contributed by atoms with Gasteiger partial charge in [-0.3, -0.25) is 0 Å². The fraction of sp³-hybridized carbons (Fsp3) is 0.556. The van der Waals surface area contributed by atoms with Crippen molar-refractivity contribution in [1.29, 1.82) is 0 Å². The van der Waals surface area contributed by atoms with Crippen LogP contribution < -0.4 is 0 Å². The first-order valence-electron chi connectivity index (χ1n) is 3.99. The molecule has 1 nitrogen and oxygen atoms in total. The van der Waals surface area contributed by atoms with E-state index >= 15 is 0 Å². The van der Waals surface area contributed by atoms with Gasteiger partial charge in [-0.1, -0.05) is 6.08 Å². The van der Waals surface area contributed by atoms with Crippen molar-refractivity contribution in [2.24, 2.45) is 0 Å². The fourth-order valence-electron chi connectivity index (χ4n) is 1.22. The van der Waals surface area contributed by atoms with Crippen LogP contribution in [0.2, 0.25) is 0 Å². The van der Waals surface area contributed by atoms with Gasteiger partial charge in [0.05, 0.1) is 0 Å². The van der Waals surface area contributed by atoms with Gasteiger partial charge in [0.1, 0.15) is 5.83 Å². The molecule has 1 rings (SSSR count). The molecule has 0 N–H and O–H groups in total. The lowest BCUT2D eigenvalue weighted by Gasteiger charge is -2.15. The predicted octanol–water partition coefficient (Wildman–Crippen LogP) is 2.42. The minimum absolute atomic E-state index is 0.211. The van der Waals surface area contributed by atoms with Gasteiger partial charge in [-0.15, -0.1) is 0 Å². The van der Waals surface area contributed by atoms with Gasteiger partial charge in [0.25, 0.3) is 0 Å². The largest absolute Gasteiger partial charge is 0.305 e. The molecule has 0 radical (unpaired) electrons. The quantitative estimate of drug-likeness (QED) is 0.619. The van der Waals surface area contributed by atoms with Crippen molar-refractivity contribution in [2.45, 2.75) is 12.8 Å². The molecular weight excluding hydrogens is 160 g/mol. The minimum Gasteiger partial charge on any atom is -0.305 e. The Labute approximate surface area is 71.4 Å². The van der Waals surface area contributed by atoms with E-state index in [0.29, 0.717) is 18.5 Å². The van der Waals surface area contributed by atoms with E-state index in [1.807, 2.05) is 19.0 Å². The van der Waals surface area contributed by atoms with Crippen LogP contribution in [0.5, 0.6) is 0 Å². The lowest BCUT2D eigenvalue weighted by molar-refractivity contribution is 0.424. The summed E-state index contributed by atoms with van der Waals surface area (Å²) in [4.78, 5) is 1.82. The molecule has 3 heteroatoms. The maximum atomic E-state index is 13.0. The summed E-state index contributed by atoms with van der Waals surface area (Å²) in [7, 11) is 3.67. The van der Waals surface area contributed by atoms with E-state index in [2.05, 4.69) is 0 Å². The molecule has 12 heavy (non-hydrogen) atoms. The molecule has 0 saturated heterocycles. The van der Waals surface area contributed by atoms with Crippen LogP contribution >= 0.6 is 0 Å². The molecule has 0 fully saturated rings. The number of nitrogens with zero attached hydrogens (tertiary/aromatic N) is 1. The Morgan fingerprint density at radius 2 is 2.08 bits per heavy atom. The van der Waals surface area contributed by atoms with Crippen LogP contribution in [0.3, 0.4) is 0 Å². The second-order valence-corrected chi connectivity index (χ2v) is 3.22. The number of likely N-dealkylation sites (N-methyl/N-ethyl adjacent to an activating group) is 1. The maximum Gasteiger partial charge on any atom is 0.158 e. The number of rotatable bonds is 2. The molecule has 0 spiro atoms. The summed E-state index contributed by atoms with van der Waals surface area (Å²) in [6.45, 7) is 0.471. The third-order valence-electron chi connectivity index (χ3n) is 1.76. The van der Waals surface area contributed by atoms with Crippen molar-refractivity contribution in [3.05, 3.63) is 23.3 Å². The number of hydrogen-bond acceptors (Lipinski definition) is 1. The average molecular weight is 173 g/mol. The summed E-state index contributed by atoms with van der Waals surface area (Å²) in [5.41, 5.74) is 0.476. The molecule has 1 aliphatic carbocycles. The van der Waals surface area contributed by atoms with E-state index in [0.717, 1.165) is 0 Å². The SMILES string of the molecule is CN(C)CC1=CCCC(F)=C1F. The van der Waals surface area contributed by atoms with Gasteiger partial charge in [-0.05, 0) is 20.5 Å². The van der Waals surface area contributed by atoms with Crippen molar-refractivity contribution >= 4 is 0 Å². The molecule has 68 valence electrons. The fourth-order valence-corrected chi connectivity index (χ4v) is 1.22. The summed E-state index contributed by atoms with van der Waals surface area (Å²) in [6, 6.07) is 0. The van der Waals surface area contributed by atoms with E-state index in [1.54, 1.807) is 6.08 Å². The lowest BCUT2D eigenvalue weighted by Crippen LogP contribution is -2.16. The molecular formula is C9H13F2N. The molecule has 0 saturated carbocycles. The Hall–Kier alpha value is -0.700. The monoisotopic (exact) mass is 173 g/mol. The van der Waals surface area contributed by atoms with E-state index in [1.165, 1.54) is 0 Å². The highest BCUT2D eigenvalue weighted by Gasteiger charge is 2.15. The molecule has 0 bridgehead atoms. The Morgan fingerprint density at radius 1 is 1.42 bits per heavy atom.